The van der Waals surface area contributed by atoms with Crippen LogP contribution in [0.2, 0.25) is 0 Å². The molecule has 0 amide bonds. The number of hydrogen-bond acceptors (Lipinski definition) is 2. The lowest BCUT2D eigenvalue weighted by Crippen LogP contribution is -2.26. The fourth-order valence-electron chi connectivity index (χ4n) is 9.65. The minimum absolute atomic E-state index is 0.481. The van der Waals surface area contributed by atoms with Crippen molar-refractivity contribution in [1.82, 2.24) is 0 Å². The van der Waals surface area contributed by atoms with E-state index in [1.165, 1.54) is 61.0 Å². The molecule has 9 aromatic rings. The van der Waals surface area contributed by atoms with Gasteiger partial charge in [-0.2, -0.15) is 0 Å². The van der Waals surface area contributed by atoms with E-state index in [0.29, 0.717) is 0 Å². The topological polar surface area (TPSA) is 26.3 Å². The molecule has 12 rings (SSSR count). The Balaban J connectivity index is 1.14. The minimum atomic E-state index is -0.481. The lowest BCUT2D eigenvalue weighted by atomic mass is 9.70. The van der Waals surface area contributed by atoms with E-state index in [9.17, 15) is 0 Å². The highest BCUT2D eigenvalue weighted by molar-refractivity contribution is 6.10. The molecule has 51 heavy (non-hydrogen) atoms. The highest BCUT2D eigenvalue weighted by atomic mass is 16.3. The molecule has 3 aliphatic rings. The van der Waals surface area contributed by atoms with Crippen LogP contribution in [0.3, 0.4) is 0 Å². The van der Waals surface area contributed by atoms with Crippen LogP contribution in [-0.2, 0) is 11.8 Å². The first-order valence-electron chi connectivity index (χ1n) is 17.9. The fraction of sp³-hybridized carbons (Fsp3) is 0.0612. The molecule has 7 aromatic carbocycles. The van der Waals surface area contributed by atoms with Crippen molar-refractivity contribution in [1.29, 1.82) is 0 Å². The highest BCUT2D eigenvalue weighted by Crippen LogP contribution is 2.63. The highest BCUT2D eigenvalue weighted by Gasteiger charge is 2.51. The summed E-state index contributed by atoms with van der Waals surface area (Å²) in [5, 5.41) is 3.49. The Bertz CT molecular complexity index is 2970. The Morgan fingerprint density at radius 1 is 0.431 bits per heavy atom. The molecule has 2 heterocycles. The third-order valence-corrected chi connectivity index (χ3v) is 11.8. The van der Waals surface area contributed by atoms with E-state index < -0.39 is 5.41 Å². The normalized spacial score (nSPS) is 16.5. The smallest absolute Gasteiger partial charge is 0.143 e. The number of fused-ring (bicyclic) bond motifs is 16. The van der Waals surface area contributed by atoms with E-state index >= 15 is 0 Å². The monoisotopic (exact) mass is 650 g/mol. The number of benzene rings is 7. The maximum Gasteiger partial charge on any atom is 0.143 e. The van der Waals surface area contributed by atoms with Gasteiger partial charge in [0.05, 0.1) is 5.41 Å². The van der Waals surface area contributed by atoms with Crippen LogP contribution in [-0.4, -0.2) is 0 Å². The van der Waals surface area contributed by atoms with Crippen LogP contribution in [0.4, 0.5) is 0 Å². The van der Waals surface area contributed by atoms with Crippen LogP contribution in [0.1, 0.15) is 40.0 Å². The van der Waals surface area contributed by atoms with E-state index in [4.69, 9.17) is 8.83 Å². The van der Waals surface area contributed by atoms with Crippen molar-refractivity contribution < 1.29 is 8.83 Å². The molecule has 2 nitrogen and oxygen atoms in total. The van der Waals surface area contributed by atoms with Gasteiger partial charge in [-0.3, -0.25) is 0 Å². The van der Waals surface area contributed by atoms with E-state index in [0.717, 1.165) is 62.8 Å². The van der Waals surface area contributed by atoms with Crippen molar-refractivity contribution >= 4 is 39.0 Å². The second-order valence-corrected chi connectivity index (χ2v) is 14.2. The maximum absolute atomic E-state index is 6.65. The maximum atomic E-state index is 6.65. The van der Waals surface area contributed by atoms with Gasteiger partial charge in [0.15, 0.2) is 0 Å². The summed E-state index contributed by atoms with van der Waals surface area (Å²) in [7, 11) is 0. The summed E-state index contributed by atoms with van der Waals surface area (Å²) in [4.78, 5) is 0. The van der Waals surface area contributed by atoms with Crippen molar-refractivity contribution in [3.8, 4) is 44.5 Å². The molecule has 0 bridgehead atoms. The van der Waals surface area contributed by atoms with Gasteiger partial charge in [0, 0.05) is 39.3 Å². The zero-order valence-electron chi connectivity index (χ0n) is 27.7. The first-order valence-corrected chi connectivity index (χ1v) is 17.9. The Morgan fingerprint density at radius 2 is 0.980 bits per heavy atom. The molecule has 0 radical (unpaired) electrons. The van der Waals surface area contributed by atoms with Gasteiger partial charge in [0.25, 0.3) is 0 Å². The third-order valence-electron chi connectivity index (χ3n) is 11.8. The molecule has 1 unspecified atom stereocenters. The quantitative estimate of drug-likeness (QED) is 0.186. The van der Waals surface area contributed by atoms with Gasteiger partial charge in [-0.1, -0.05) is 140 Å². The van der Waals surface area contributed by atoms with Crippen molar-refractivity contribution in [3.05, 3.63) is 185 Å². The van der Waals surface area contributed by atoms with E-state index in [2.05, 4.69) is 152 Å². The Hall–Kier alpha value is -6.38. The average molecular weight is 651 g/mol. The molecule has 3 aliphatic carbocycles. The van der Waals surface area contributed by atoms with Crippen LogP contribution < -0.4 is 0 Å². The molecule has 2 aromatic heterocycles. The number of allylic oxidation sites excluding steroid dienone is 1. The van der Waals surface area contributed by atoms with Gasteiger partial charge in [-0.25, -0.2) is 0 Å². The largest absolute Gasteiger partial charge is 0.460 e. The Labute approximate surface area is 294 Å². The van der Waals surface area contributed by atoms with Crippen LogP contribution in [0, 0.1) is 0 Å². The standard InChI is InChI=1S/C49H30O2/c1-5-19-41-33(11-1)35-25-23-29(31-15-9-17-39-37-13-3-7-21-45(37)50-47(31)39)27-43(35)49(41)42-20-6-2-12-34(42)36-26-24-30(28-44(36)49)32-16-10-18-40-38-14-4-8-22-46(38)51-48(32)40/h1-7,9-21,23-28H,8,22H2. The van der Waals surface area contributed by atoms with E-state index in [1.807, 2.05) is 6.07 Å². The van der Waals surface area contributed by atoms with Gasteiger partial charge in [-0.15, -0.1) is 0 Å². The molecule has 1 atom stereocenters. The van der Waals surface area contributed by atoms with Crippen molar-refractivity contribution in [2.45, 2.75) is 18.3 Å². The van der Waals surface area contributed by atoms with Crippen molar-refractivity contribution in [2.75, 3.05) is 0 Å². The molecular weight excluding hydrogens is 621 g/mol. The molecule has 238 valence electrons. The SMILES string of the molecule is C1=Cc2c(oc3c(-c4ccc5c(c4)C4(c6ccccc6-5)c5ccccc5-c5ccc(-c6cccc7c6oc6ccccc67)cc54)cccc23)CC1. The van der Waals surface area contributed by atoms with Crippen LogP contribution in [0.25, 0.3) is 83.5 Å². The molecule has 0 aliphatic heterocycles. The minimum Gasteiger partial charge on any atom is -0.460 e. The molecule has 0 N–H and O–H groups in total. The number of aryl methyl sites for hydroxylation is 1. The van der Waals surface area contributed by atoms with Crippen molar-refractivity contribution in [3.63, 3.8) is 0 Å². The number of rotatable bonds is 2. The third kappa shape index (κ3) is 3.47. The summed E-state index contributed by atoms with van der Waals surface area (Å²) in [5.41, 5.74) is 18.6. The first kappa shape index (κ1) is 27.4. The lowest BCUT2D eigenvalue weighted by molar-refractivity contribution is 0.547. The lowest BCUT2D eigenvalue weighted by Gasteiger charge is -2.31. The Morgan fingerprint density at radius 3 is 1.69 bits per heavy atom. The number of para-hydroxylation sites is 3. The molecule has 2 heteroatoms. The summed E-state index contributed by atoms with van der Waals surface area (Å²) in [6, 6.07) is 53.7. The first-order chi connectivity index (χ1) is 25.3. The van der Waals surface area contributed by atoms with Gasteiger partial charge in [-0.05, 0) is 80.3 Å². The summed E-state index contributed by atoms with van der Waals surface area (Å²) in [5.74, 6) is 1.09. The van der Waals surface area contributed by atoms with Crippen LogP contribution in [0.5, 0.6) is 0 Å². The van der Waals surface area contributed by atoms with E-state index in [1.54, 1.807) is 0 Å². The molecule has 0 saturated heterocycles. The molecule has 1 spiro atoms. The molecule has 0 fully saturated rings. The number of furan rings is 2. The average Bonchev–Trinajstić information content (AvgIpc) is 3.92. The summed E-state index contributed by atoms with van der Waals surface area (Å²) >= 11 is 0. The molecular formula is C49H30O2. The second kappa shape index (κ2) is 9.87. The Kier molecular flexibility index (Phi) is 5.31. The predicted molar refractivity (Wildman–Crippen MR) is 208 cm³/mol. The predicted octanol–water partition coefficient (Wildman–Crippen LogP) is 13.0. The van der Waals surface area contributed by atoms with Gasteiger partial charge >= 0.3 is 0 Å². The molecule has 0 saturated carbocycles. The summed E-state index contributed by atoms with van der Waals surface area (Å²) in [6.07, 6.45) is 6.46. The summed E-state index contributed by atoms with van der Waals surface area (Å²) in [6.45, 7) is 0. The van der Waals surface area contributed by atoms with Gasteiger partial charge in [0.1, 0.15) is 22.5 Å². The second-order valence-electron chi connectivity index (χ2n) is 14.2. The van der Waals surface area contributed by atoms with E-state index in [-0.39, 0.29) is 0 Å². The van der Waals surface area contributed by atoms with Crippen LogP contribution in [0.15, 0.2) is 161 Å². The fourth-order valence-corrected chi connectivity index (χ4v) is 9.65. The van der Waals surface area contributed by atoms with Gasteiger partial charge in [0.2, 0.25) is 0 Å². The number of hydrogen-bond donors (Lipinski definition) is 0. The van der Waals surface area contributed by atoms with Crippen LogP contribution >= 0.6 is 0 Å². The zero-order valence-corrected chi connectivity index (χ0v) is 27.7. The van der Waals surface area contributed by atoms with Crippen molar-refractivity contribution in [2.24, 2.45) is 0 Å². The summed E-state index contributed by atoms with van der Waals surface area (Å²) < 4.78 is 13.2. The van der Waals surface area contributed by atoms with Gasteiger partial charge < -0.3 is 8.83 Å². The zero-order chi connectivity index (χ0) is 33.3.